The number of nitrogens with zero attached hydrogens (tertiary/aromatic N) is 3. The second kappa shape index (κ2) is 4.46. The zero-order valence-electron chi connectivity index (χ0n) is 10.3. The van der Waals surface area contributed by atoms with Crippen LogP contribution in [-0.2, 0) is 4.79 Å². The molecule has 0 N–H and O–H groups in total. The van der Waals surface area contributed by atoms with Crippen molar-refractivity contribution in [3.05, 3.63) is 41.8 Å². The van der Waals surface area contributed by atoms with E-state index in [-0.39, 0.29) is 24.1 Å². The van der Waals surface area contributed by atoms with Gasteiger partial charge < -0.3 is 9.42 Å². The van der Waals surface area contributed by atoms with Crippen molar-refractivity contribution in [3.8, 4) is 0 Å². The number of amides is 1. The first-order chi connectivity index (χ1) is 9.15. The Hall–Kier alpha value is -2.24. The smallest absolute Gasteiger partial charge is 0.231 e. The third-order valence-corrected chi connectivity index (χ3v) is 3.25. The summed E-state index contributed by atoms with van der Waals surface area (Å²) in [5.74, 6) is -0.274. The molecule has 6 heteroatoms. The summed E-state index contributed by atoms with van der Waals surface area (Å²) in [6, 6.07) is 4.83. The Balaban J connectivity index is 1.88. The van der Waals surface area contributed by atoms with Crippen molar-refractivity contribution in [1.29, 1.82) is 0 Å². The molecular weight excluding hydrogens is 249 g/mol. The molecule has 0 spiro atoms. The number of aromatic nitrogens is 2. The first kappa shape index (κ1) is 11.8. The maximum atomic E-state index is 13.9. The van der Waals surface area contributed by atoms with Gasteiger partial charge in [0.2, 0.25) is 11.8 Å². The number of carbonyl (C=O) groups excluding carboxylic acids is 1. The molecule has 1 aromatic heterocycles. The largest absolute Gasteiger partial charge is 0.339 e. The Bertz CT molecular complexity index is 612. The number of hydrogen-bond donors (Lipinski definition) is 0. The number of hydrogen-bond acceptors (Lipinski definition) is 4. The fourth-order valence-corrected chi connectivity index (χ4v) is 2.30. The van der Waals surface area contributed by atoms with E-state index in [0.29, 0.717) is 18.1 Å². The molecule has 0 bridgehead atoms. The van der Waals surface area contributed by atoms with E-state index in [4.69, 9.17) is 4.52 Å². The van der Waals surface area contributed by atoms with Gasteiger partial charge in [-0.15, -0.1) is 0 Å². The molecule has 2 aromatic rings. The number of halogens is 1. The highest BCUT2D eigenvalue weighted by Gasteiger charge is 2.35. The van der Waals surface area contributed by atoms with E-state index in [9.17, 15) is 9.18 Å². The van der Waals surface area contributed by atoms with Crippen LogP contribution < -0.4 is 4.90 Å². The molecular formula is C13H12FN3O2. The van der Waals surface area contributed by atoms with E-state index in [2.05, 4.69) is 10.1 Å². The molecule has 1 amide bonds. The van der Waals surface area contributed by atoms with E-state index < -0.39 is 0 Å². The third-order valence-electron chi connectivity index (χ3n) is 3.25. The van der Waals surface area contributed by atoms with Crippen molar-refractivity contribution in [3.63, 3.8) is 0 Å². The van der Waals surface area contributed by atoms with Gasteiger partial charge in [0.1, 0.15) is 5.82 Å². The Labute approximate surface area is 109 Å². The molecule has 1 saturated heterocycles. The minimum atomic E-state index is -0.389. The van der Waals surface area contributed by atoms with Crippen LogP contribution >= 0.6 is 0 Å². The second-order valence-corrected chi connectivity index (χ2v) is 4.64. The molecule has 1 fully saturated rings. The lowest BCUT2D eigenvalue weighted by Gasteiger charge is -2.17. The molecule has 1 aliphatic heterocycles. The topological polar surface area (TPSA) is 59.2 Å². The number of rotatable bonds is 2. The van der Waals surface area contributed by atoms with Gasteiger partial charge >= 0.3 is 0 Å². The summed E-state index contributed by atoms with van der Waals surface area (Å²) in [5.41, 5.74) is 1.12. The molecule has 0 saturated carbocycles. The molecule has 0 radical (unpaired) electrons. The number of benzene rings is 1. The summed E-state index contributed by atoms with van der Waals surface area (Å²) in [5, 5.41) is 3.53. The molecule has 1 aromatic carbocycles. The van der Waals surface area contributed by atoms with Crippen LogP contribution in [0.1, 0.15) is 23.8 Å². The fraction of sp³-hybridized carbons (Fsp3) is 0.308. The lowest BCUT2D eigenvalue weighted by molar-refractivity contribution is -0.117. The van der Waals surface area contributed by atoms with Crippen LogP contribution in [0.3, 0.4) is 0 Å². The number of anilines is 1. The predicted molar refractivity (Wildman–Crippen MR) is 65.1 cm³/mol. The molecule has 5 nitrogen and oxygen atoms in total. The van der Waals surface area contributed by atoms with Gasteiger partial charge in [0.05, 0.1) is 11.6 Å². The van der Waals surface area contributed by atoms with Crippen LogP contribution in [0.4, 0.5) is 10.1 Å². The Morgan fingerprint density at radius 1 is 1.47 bits per heavy atom. The van der Waals surface area contributed by atoms with E-state index >= 15 is 0 Å². The van der Waals surface area contributed by atoms with Crippen molar-refractivity contribution in [2.24, 2.45) is 0 Å². The Kier molecular flexibility index (Phi) is 2.77. The zero-order valence-corrected chi connectivity index (χ0v) is 10.3. The van der Waals surface area contributed by atoms with Gasteiger partial charge in [0.25, 0.3) is 0 Å². The summed E-state index contributed by atoms with van der Waals surface area (Å²) in [4.78, 5) is 17.4. The normalized spacial score (nSPS) is 19.2. The average molecular weight is 261 g/mol. The number of carbonyl (C=O) groups is 1. The summed E-state index contributed by atoms with van der Waals surface area (Å²) < 4.78 is 18.9. The zero-order chi connectivity index (χ0) is 13.4. The van der Waals surface area contributed by atoms with Gasteiger partial charge in [0, 0.05) is 13.0 Å². The van der Waals surface area contributed by atoms with Gasteiger partial charge in [-0.3, -0.25) is 4.79 Å². The summed E-state index contributed by atoms with van der Waals surface area (Å²) in [6.07, 6.45) is 1.56. The lowest BCUT2D eigenvalue weighted by atomic mass is 10.1. The van der Waals surface area contributed by atoms with Gasteiger partial charge in [-0.2, -0.15) is 4.98 Å². The molecule has 3 rings (SSSR count). The predicted octanol–water partition coefficient (Wildman–Crippen LogP) is 2.04. The van der Waals surface area contributed by atoms with E-state index in [0.717, 1.165) is 5.56 Å². The monoisotopic (exact) mass is 261 g/mol. The van der Waals surface area contributed by atoms with Gasteiger partial charge in [-0.05, 0) is 24.6 Å². The summed E-state index contributed by atoms with van der Waals surface area (Å²) >= 11 is 0. The van der Waals surface area contributed by atoms with E-state index in [1.54, 1.807) is 19.1 Å². The average Bonchev–Trinajstić information content (AvgIpc) is 2.98. The maximum Gasteiger partial charge on any atom is 0.231 e. The van der Waals surface area contributed by atoms with Crippen molar-refractivity contribution in [1.82, 2.24) is 10.1 Å². The van der Waals surface area contributed by atoms with Crippen LogP contribution in [-0.4, -0.2) is 22.6 Å². The first-order valence-electron chi connectivity index (χ1n) is 5.98. The Morgan fingerprint density at radius 3 is 3.00 bits per heavy atom. The quantitative estimate of drug-likeness (QED) is 0.830. The molecule has 1 atom stereocenters. The minimum absolute atomic E-state index is 0.133. The van der Waals surface area contributed by atoms with Crippen LogP contribution in [0.25, 0.3) is 0 Å². The van der Waals surface area contributed by atoms with Crippen LogP contribution in [0.5, 0.6) is 0 Å². The van der Waals surface area contributed by atoms with Gasteiger partial charge in [-0.1, -0.05) is 11.2 Å². The van der Waals surface area contributed by atoms with E-state index in [1.165, 1.54) is 17.3 Å². The highest BCUT2D eigenvalue weighted by molar-refractivity contribution is 5.96. The first-order valence-corrected chi connectivity index (χ1v) is 5.98. The molecule has 19 heavy (non-hydrogen) atoms. The fourth-order valence-electron chi connectivity index (χ4n) is 2.30. The molecule has 0 aliphatic carbocycles. The standard InChI is InChI=1S/C13H12FN3O2/c1-8-2-3-11(10(14)4-8)17-6-9(5-12(17)18)13-15-7-16-19-13/h2-4,7,9H,5-6H2,1H3/t9-/m0/s1. The highest BCUT2D eigenvalue weighted by Crippen LogP contribution is 2.32. The number of aryl methyl sites for hydroxylation is 1. The van der Waals surface area contributed by atoms with Crippen molar-refractivity contribution < 1.29 is 13.7 Å². The second-order valence-electron chi connectivity index (χ2n) is 4.64. The Morgan fingerprint density at radius 2 is 2.32 bits per heavy atom. The van der Waals surface area contributed by atoms with Crippen LogP contribution in [0, 0.1) is 12.7 Å². The molecule has 98 valence electrons. The van der Waals surface area contributed by atoms with Crippen LogP contribution in [0.2, 0.25) is 0 Å². The van der Waals surface area contributed by atoms with Gasteiger partial charge in [-0.25, -0.2) is 4.39 Å². The molecule has 1 aliphatic rings. The lowest BCUT2D eigenvalue weighted by Crippen LogP contribution is -2.25. The maximum absolute atomic E-state index is 13.9. The minimum Gasteiger partial charge on any atom is -0.339 e. The summed E-state index contributed by atoms with van der Waals surface area (Å²) in [6.45, 7) is 2.17. The van der Waals surface area contributed by atoms with E-state index in [1.807, 2.05) is 0 Å². The molecule has 2 heterocycles. The SMILES string of the molecule is Cc1ccc(N2C[C@@H](c3ncno3)CC2=O)c(F)c1. The van der Waals surface area contributed by atoms with Crippen molar-refractivity contribution in [2.45, 2.75) is 19.3 Å². The van der Waals surface area contributed by atoms with Gasteiger partial charge in [0.15, 0.2) is 6.33 Å². The van der Waals surface area contributed by atoms with Crippen molar-refractivity contribution in [2.75, 3.05) is 11.4 Å². The summed E-state index contributed by atoms with van der Waals surface area (Å²) in [7, 11) is 0. The van der Waals surface area contributed by atoms with Crippen LogP contribution in [0.15, 0.2) is 29.0 Å². The van der Waals surface area contributed by atoms with Crippen molar-refractivity contribution >= 4 is 11.6 Å². The highest BCUT2D eigenvalue weighted by atomic mass is 19.1. The third kappa shape index (κ3) is 2.09. The molecule has 0 unspecified atom stereocenters.